The topological polar surface area (TPSA) is 56.3 Å². The number of aromatic nitrogens is 1. The number of H-pyrrole nitrogens is 1. The van der Waals surface area contributed by atoms with Gasteiger partial charge in [-0.2, -0.15) is 0 Å². The van der Waals surface area contributed by atoms with Crippen LogP contribution in [0.25, 0.3) is 10.9 Å². The van der Waals surface area contributed by atoms with Crippen molar-refractivity contribution in [3.05, 3.63) is 71.4 Å². The maximum Gasteiger partial charge on any atom is 0.227 e. The van der Waals surface area contributed by atoms with Gasteiger partial charge >= 0.3 is 0 Å². The van der Waals surface area contributed by atoms with Gasteiger partial charge in [0.1, 0.15) is 0 Å². The van der Waals surface area contributed by atoms with Gasteiger partial charge in [0.25, 0.3) is 0 Å². The second kappa shape index (κ2) is 7.99. The van der Waals surface area contributed by atoms with E-state index in [9.17, 15) is 9.90 Å². The van der Waals surface area contributed by atoms with Crippen LogP contribution in [0.2, 0.25) is 0 Å². The number of para-hydroxylation sites is 1. The first kappa shape index (κ1) is 17.2. The number of amides is 1. The van der Waals surface area contributed by atoms with E-state index in [4.69, 9.17) is 0 Å². The highest BCUT2D eigenvalue weighted by Gasteiger charge is 2.17. The molecule has 3 aromatic rings. The summed E-state index contributed by atoms with van der Waals surface area (Å²) in [5, 5.41) is 10.4. The molecule has 0 bridgehead atoms. The molecule has 0 radical (unpaired) electrons. The lowest BCUT2D eigenvalue weighted by Gasteiger charge is -2.22. The molecular formula is C21H24N2O2. The molecule has 25 heavy (non-hydrogen) atoms. The lowest BCUT2D eigenvalue weighted by atomic mass is 10.1. The van der Waals surface area contributed by atoms with Gasteiger partial charge in [0, 0.05) is 29.7 Å². The number of rotatable bonds is 7. The third-order valence-corrected chi connectivity index (χ3v) is 4.59. The summed E-state index contributed by atoms with van der Waals surface area (Å²) in [7, 11) is 0. The number of nitrogens with one attached hydrogen (secondary N) is 1. The van der Waals surface area contributed by atoms with E-state index in [0.29, 0.717) is 19.5 Å². The number of aryl methyl sites for hydroxylation is 1. The summed E-state index contributed by atoms with van der Waals surface area (Å²) in [6.45, 7) is 2.97. The molecule has 3 rings (SSSR count). The molecule has 0 aliphatic carbocycles. The van der Waals surface area contributed by atoms with E-state index in [1.54, 1.807) is 4.90 Å². The van der Waals surface area contributed by atoms with Gasteiger partial charge in [-0.25, -0.2) is 0 Å². The molecule has 0 aliphatic heterocycles. The van der Waals surface area contributed by atoms with Crippen molar-refractivity contribution in [2.45, 2.75) is 19.8 Å². The Balaban J connectivity index is 1.72. The number of fused-ring (bicyclic) bond motifs is 1. The van der Waals surface area contributed by atoms with Crippen molar-refractivity contribution in [2.24, 2.45) is 0 Å². The second-order valence-electron chi connectivity index (χ2n) is 6.29. The Morgan fingerprint density at radius 2 is 1.76 bits per heavy atom. The van der Waals surface area contributed by atoms with E-state index < -0.39 is 0 Å². The number of nitrogens with zero attached hydrogens (tertiary/aromatic N) is 1. The molecule has 4 nitrogen and oxygen atoms in total. The number of aliphatic hydroxyl groups excluding tert-OH is 1. The highest BCUT2D eigenvalue weighted by molar-refractivity contribution is 5.90. The summed E-state index contributed by atoms with van der Waals surface area (Å²) in [5.41, 5.74) is 4.33. The molecule has 1 heterocycles. The number of aromatic amines is 1. The minimum absolute atomic E-state index is 0.0204. The van der Waals surface area contributed by atoms with Crippen molar-refractivity contribution in [2.75, 3.05) is 19.7 Å². The lowest BCUT2D eigenvalue weighted by Crippen LogP contribution is -2.36. The monoisotopic (exact) mass is 336 g/mol. The van der Waals surface area contributed by atoms with Crippen LogP contribution in [-0.2, 0) is 17.6 Å². The normalized spacial score (nSPS) is 11.0. The van der Waals surface area contributed by atoms with Gasteiger partial charge in [-0.3, -0.25) is 4.79 Å². The maximum absolute atomic E-state index is 12.8. The van der Waals surface area contributed by atoms with Gasteiger partial charge in [0.05, 0.1) is 13.0 Å². The van der Waals surface area contributed by atoms with E-state index in [-0.39, 0.29) is 12.5 Å². The van der Waals surface area contributed by atoms with Gasteiger partial charge in [-0.15, -0.1) is 0 Å². The Hall–Kier alpha value is -2.59. The predicted molar refractivity (Wildman–Crippen MR) is 101 cm³/mol. The zero-order valence-electron chi connectivity index (χ0n) is 14.5. The van der Waals surface area contributed by atoms with Crippen LogP contribution in [0, 0.1) is 6.92 Å². The molecule has 1 amide bonds. The van der Waals surface area contributed by atoms with E-state index >= 15 is 0 Å². The molecule has 2 aromatic carbocycles. The van der Waals surface area contributed by atoms with Gasteiger partial charge in [-0.05, 0) is 30.5 Å². The molecule has 0 atom stereocenters. The van der Waals surface area contributed by atoms with Crippen molar-refractivity contribution in [3.63, 3.8) is 0 Å². The van der Waals surface area contributed by atoms with Crippen molar-refractivity contribution >= 4 is 16.8 Å². The van der Waals surface area contributed by atoms with Crippen molar-refractivity contribution in [3.8, 4) is 0 Å². The largest absolute Gasteiger partial charge is 0.395 e. The minimum atomic E-state index is -0.0204. The summed E-state index contributed by atoms with van der Waals surface area (Å²) in [5.74, 6) is 0.0536. The molecule has 0 fully saturated rings. The van der Waals surface area contributed by atoms with Gasteiger partial charge in [0.15, 0.2) is 0 Å². The fourth-order valence-corrected chi connectivity index (χ4v) is 3.22. The Bertz CT molecular complexity index is 839. The minimum Gasteiger partial charge on any atom is -0.395 e. The SMILES string of the molecule is Cc1[nH]c2ccccc2c1CC(=O)N(CCO)CCc1ccccc1. The molecule has 0 unspecified atom stereocenters. The van der Waals surface area contributed by atoms with Gasteiger partial charge in [0.2, 0.25) is 5.91 Å². The van der Waals surface area contributed by atoms with E-state index in [1.807, 2.05) is 49.4 Å². The highest BCUT2D eigenvalue weighted by atomic mass is 16.3. The Morgan fingerprint density at radius 3 is 2.52 bits per heavy atom. The number of hydrogen-bond donors (Lipinski definition) is 2. The number of aliphatic hydroxyl groups is 1. The average Bonchev–Trinajstić information content (AvgIpc) is 2.95. The molecule has 0 spiro atoms. The second-order valence-corrected chi connectivity index (χ2v) is 6.29. The lowest BCUT2D eigenvalue weighted by molar-refractivity contribution is -0.131. The molecule has 130 valence electrons. The third-order valence-electron chi connectivity index (χ3n) is 4.59. The molecule has 0 aliphatic rings. The van der Waals surface area contributed by atoms with Crippen LogP contribution in [0.15, 0.2) is 54.6 Å². The van der Waals surface area contributed by atoms with Crippen LogP contribution < -0.4 is 0 Å². The zero-order chi connectivity index (χ0) is 17.6. The predicted octanol–water partition coefficient (Wildman–Crippen LogP) is 3.08. The number of carbonyl (C=O) groups excluding carboxylic acids is 1. The molecule has 0 saturated carbocycles. The summed E-state index contributed by atoms with van der Waals surface area (Å²) in [6.07, 6.45) is 1.14. The molecule has 0 saturated heterocycles. The maximum atomic E-state index is 12.8. The quantitative estimate of drug-likeness (QED) is 0.697. The number of hydrogen-bond acceptors (Lipinski definition) is 2. The summed E-state index contributed by atoms with van der Waals surface area (Å²) in [4.78, 5) is 17.9. The van der Waals surface area contributed by atoms with E-state index in [2.05, 4.69) is 17.1 Å². The highest BCUT2D eigenvalue weighted by Crippen LogP contribution is 2.22. The van der Waals surface area contributed by atoms with Crippen LogP contribution >= 0.6 is 0 Å². The Kier molecular flexibility index (Phi) is 5.51. The average molecular weight is 336 g/mol. The number of benzene rings is 2. The molecule has 2 N–H and O–H groups in total. The summed E-state index contributed by atoms with van der Waals surface area (Å²) in [6, 6.07) is 18.2. The first-order chi connectivity index (χ1) is 12.2. The standard InChI is InChI=1S/C21H24N2O2/c1-16-19(18-9-5-6-10-20(18)22-16)15-21(25)23(13-14-24)12-11-17-7-3-2-4-8-17/h2-10,22,24H,11-15H2,1H3. The van der Waals surface area contributed by atoms with Crippen molar-refractivity contribution in [1.29, 1.82) is 0 Å². The molecular weight excluding hydrogens is 312 g/mol. The van der Waals surface area contributed by atoms with Gasteiger partial charge < -0.3 is 15.0 Å². The van der Waals surface area contributed by atoms with Crippen LogP contribution in [0.3, 0.4) is 0 Å². The van der Waals surface area contributed by atoms with Crippen LogP contribution in [0.4, 0.5) is 0 Å². The molecule has 1 aromatic heterocycles. The Labute approximate surface area is 148 Å². The molecule has 4 heteroatoms. The number of carbonyl (C=O) groups is 1. The Morgan fingerprint density at radius 1 is 1.04 bits per heavy atom. The van der Waals surface area contributed by atoms with Crippen LogP contribution in [0.1, 0.15) is 16.8 Å². The van der Waals surface area contributed by atoms with Crippen LogP contribution in [0.5, 0.6) is 0 Å². The first-order valence-corrected chi connectivity index (χ1v) is 8.68. The van der Waals surface area contributed by atoms with Crippen LogP contribution in [-0.4, -0.2) is 40.6 Å². The smallest absolute Gasteiger partial charge is 0.227 e. The van der Waals surface area contributed by atoms with Crippen molar-refractivity contribution in [1.82, 2.24) is 9.88 Å². The fraction of sp³-hybridized carbons (Fsp3) is 0.286. The first-order valence-electron chi connectivity index (χ1n) is 8.68. The van der Waals surface area contributed by atoms with E-state index in [1.165, 1.54) is 5.56 Å². The zero-order valence-corrected chi connectivity index (χ0v) is 14.5. The fourth-order valence-electron chi connectivity index (χ4n) is 3.22. The van der Waals surface area contributed by atoms with Crippen molar-refractivity contribution < 1.29 is 9.90 Å². The van der Waals surface area contributed by atoms with Gasteiger partial charge in [-0.1, -0.05) is 48.5 Å². The third kappa shape index (κ3) is 4.09. The van der Waals surface area contributed by atoms with E-state index in [0.717, 1.165) is 28.6 Å². The summed E-state index contributed by atoms with van der Waals surface area (Å²) < 4.78 is 0. The summed E-state index contributed by atoms with van der Waals surface area (Å²) >= 11 is 0.